The normalized spacial score (nSPS) is 17.5. The molecule has 7 nitrogen and oxygen atoms in total. The molecule has 1 aliphatic rings. The van der Waals surface area contributed by atoms with E-state index in [4.69, 9.17) is 4.74 Å². The van der Waals surface area contributed by atoms with Crippen molar-refractivity contribution in [3.8, 4) is 0 Å². The van der Waals surface area contributed by atoms with Crippen molar-refractivity contribution in [1.29, 1.82) is 0 Å². The van der Waals surface area contributed by atoms with Crippen LogP contribution in [0.15, 0.2) is 24.4 Å². The molecule has 24 heavy (non-hydrogen) atoms. The van der Waals surface area contributed by atoms with Crippen LogP contribution in [0, 0.1) is 0 Å². The zero-order chi connectivity index (χ0) is 17.1. The highest BCUT2D eigenvalue weighted by molar-refractivity contribution is 6.02. The summed E-state index contributed by atoms with van der Waals surface area (Å²) in [5, 5.41) is 7.41. The van der Waals surface area contributed by atoms with Crippen LogP contribution in [0.4, 0.5) is 11.5 Å². The van der Waals surface area contributed by atoms with Gasteiger partial charge < -0.3 is 15.0 Å². The lowest BCUT2D eigenvalue weighted by Gasteiger charge is -2.19. The molecule has 0 aromatic carbocycles. The molecule has 0 aliphatic carbocycles. The van der Waals surface area contributed by atoms with Crippen LogP contribution in [0.3, 0.4) is 0 Å². The molecule has 128 valence electrons. The monoisotopic (exact) mass is 329 g/mol. The van der Waals surface area contributed by atoms with Gasteiger partial charge in [0.2, 0.25) is 0 Å². The van der Waals surface area contributed by atoms with Gasteiger partial charge in [0.15, 0.2) is 0 Å². The number of aromatic nitrogens is 3. The van der Waals surface area contributed by atoms with E-state index >= 15 is 0 Å². The van der Waals surface area contributed by atoms with E-state index in [2.05, 4.69) is 15.4 Å². The SMILES string of the molecule is CN(C)c1ccnc(C(=O)Nc2cc(C3CCCOC3)nn2C)c1. The average Bonchev–Trinajstić information content (AvgIpc) is 2.96. The lowest BCUT2D eigenvalue weighted by molar-refractivity contribution is 0.0791. The quantitative estimate of drug-likeness (QED) is 0.929. The largest absolute Gasteiger partial charge is 0.381 e. The molecular weight excluding hydrogens is 306 g/mol. The first-order chi connectivity index (χ1) is 11.5. The summed E-state index contributed by atoms with van der Waals surface area (Å²) in [6, 6.07) is 5.55. The lowest BCUT2D eigenvalue weighted by atomic mass is 9.99. The van der Waals surface area contributed by atoms with Crippen LogP contribution in [0.2, 0.25) is 0 Å². The second-order valence-corrected chi connectivity index (χ2v) is 6.24. The standard InChI is InChI=1S/C17H23N5O2/c1-21(2)13-6-7-18-15(9-13)17(23)19-16-10-14(20-22(16)3)12-5-4-8-24-11-12/h6-7,9-10,12H,4-5,8,11H2,1-3H3,(H,19,23). The van der Waals surface area contributed by atoms with Crippen molar-refractivity contribution in [3.63, 3.8) is 0 Å². The molecule has 0 bridgehead atoms. The Kier molecular flexibility index (Phi) is 4.80. The Morgan fingerprint density at radius 2 is 2.25 bits per heavy atom. The van der Waals surface area contributed by atoms with Crippen LogP contribution >= 0.6 is 0 Å². The van der Waals surface area contributed by atoms with Crippen LogP contribution < -0.4 is 10.2 Å². The van der Waals surface area contributed by atoms with Gasteiger partial charge in [-0.15, -0.1) is 0 Å². The molecule has 1 fully saturated rings. The van der Waals surface area contributed by atoms with Crippen LogP contribution in [0.5, 0.6) is 0 Å². The maximum Gasteiger partial charge on any atom is 0.275 e. The Bertz CT molecular complexity index is 720. The summed E-state index contributed by atoms with van der Waals surface area (Å²) < 4.78 is 7.21. The van der Waals surface area contributed by atoms with Crippen LogP contribution in [-0.2, 0) is 11.8 Å². The summed E-state index contributed by atoms with van der Waals surface area (Å²) in [5.41, 5.74) is 2.27. The number of pyridine rings is 1. The number of aryl methyl sites for hydroxylation is 1. The lowest BCUT2D eigenvalue weighted by Crippen LogP contribution is -2.17. The molecule has 1 amide bonds. The predicted molar refractivity (Wildman–Crippen MR) is 92.5 cm³/mol. The third-order valence-corrected chi connectivity index (χ3v) is 4.21. The van der Waals surface area contributed by atoms with E-state index in [0.29, 0.717) is 24.0 Å². The van der Waals surface area contributed by atoms with E-state index in [1.807, 2.05) is 38.2 Å². The van der Waals surface area contributed by atoms with Gasteiger partial charge >= 0.3 is 0 Å². The highest BCUT2D eigenvalue weighted by Gasteiger charge is 2.21. The van der Waals surface area contributed by atoms with Crippen molar-refractivity contribution in [1.82, 2.24) is 14.8 Å². The summed E-state index contributed by atoms with van der Waals surface area (Å²) in [5.74, 6) is 0.719. The van der Waals surface area contributed by atoms with Crippen molar-refractivity contribution in [2.45, 2.75) is 18.8 Å². The van der Waals surface area contributed by atoms with Gasteiger partial charge in [0, 0.05) is 51.6 Å². The summed E-state index contributed by atoms with van der Waals surface area (Å²) >= 11 is 0. The van der Waals surface area contributed by atoms with Gasteiger partial charge in [0.1, 0.15) is 11.5 Å². The minimum Gasteiger partial charge on any atom is -0.381 e. The number of hydrogen-bond acceptors (Lipinski definition) is 5. The fourth-order valence-electron chi connectivity index (χ4n) is 2.78. The number of carbonyl (C=O) groups is 1. The summed E-state index contributed by atoms with van der Waals surface area (Å²) in [7, 11) is 5.68. The molecule has 2 aromatic heterocycles. The van der Waals surface area contributed by atoms with Gasteiger partial charge in [0.05, 0.1) is 12.3 Å². The highest BCUT2D eigenvalue weighted by Crippen LogP contribution is 2.26. The van der Waals surface area contributed by atoms with E-state index in [0.717, 1.165) is 30.8 Å². The molecule has 0 saturated carbocycles. The van der Waals surface area contributed by atoms with E-state index in [1.165, 1.54) is 0 Å². The predicted octanol–water partition coefficient (Wildman–Crippen LogP) is 2.03. The summed E-state index contributed by atoms with van der Waals surface area (Å²) in [6.07, 6.45) is 3.75. The van der Waals surface area contributed by atoms with Gasteiger partial charge in [-0.2, -0.15) is 5.10 Å². The summed E-state index contributed by atoms with van der Waals surface area (Å²) in [4.78, 5) is 18.6. The fraction of sp³-hybridized carbons (Fsp3) is 0.471. The fourth-order valence-corrected chi connectivity index (χ4v) is 2.78. The Labute approximate surface area is 141 Å². The van der Waals surface area contributed by atoms with E-state index in [-0.39, 0.29) is 5.91 Å². The third kappa shape index (κ3) is 3.56. The van der Waals surface area contributed by atoms with Gasteiger partial charge in [-0.05, 0) is 25.0 Å². The van der Waals surface area contributed by atoms with Crippen molar-refractivity contribution >= 4 is 17.4 Å². The minimum atomic E-state index is -0.242. The van der Waals surface area contributed by atoms with Crippen molar-refractivity contribution in [2.75, 3.05) is 37.5 Å². The van der Waals surface area contributed by atoms with Crippen LogP contribution in [-0.4, -0.2) is 48.0 Å². The minimum absolute atomic E-state index is 0.242. The second-order valence-electron chi connectivity index (χ2n) is 6.24. The number of anilines is 2. The number of amides is 1. The molecular formula is C17H23N5O2. The first-order valence-electron chi connectivity index (χ1n) is 8.11. The van der Waals surface area contributed by atoms with Gasteiger partial charge in [-0.1, -0.05) is 0 Å². The molecule has 2 aromatic rings. The molecule has 1 N–H and O–H groups in total. The molecule has 0 spiro atoms. The summed E-state index contributed by atoms with van der Waals surface area (Å²) in [6.45, 7) is 1.51. The van der Waals surface area contributed by atoms with Crippen LogP contribution in [0.25, 0.3) is 0 Å². The van der Waals surface area contributed by atoms with E-state index in [9.17, 15) is 4.79 Å². The van der Waals surface area contributed by atoms with Crippen molar-refractivity contribution in [2.24, 2.45) is 7.05 Å². The van der Waals surface area contributed by atoms with E-state index < -0.39 is 0 Å². The maximum absolute atomic E-state index is 12.5. The zero-order valence-electron chi connectivity index (χ0n) is 14.3. The number of ether oxygens (including phenoxy) is 1. The van der Waals surface area contributed by atoms with Gasteiger partial charge in [0.25, 0.3) is 5.91 Å². The molecule has 3 rings (SSSR count). The third-order valence-electron chi connectivity index (χ3n) is 4.21. The Morgan fingerprint density at radius 3 is 2.96 bits per heavy atom. The number of carbonyl (C=O) groups excluding carboxylic acids is 1. The molecule has 0 radical (unpaired) electrons. The Balaban J connectivity index is 1.74. The zero-order valence-corrected chi connectivity index (χ0v) is 14.3. The smallest absolute Gasteiger partial charge is 0.275 e. The number of rotatable bonds is 4. The molecule has 3 heterocycles. The van der Waals surface area contributed by atoms with E-state index in [1.54, 1.807) is 16.9 Å². The molecule has 1 atom stereocenters. The van der Waals surface area contributed by atoms with Gasteiger partial charge in [-0.3, -0.25) is 14.5 Å². The first-order valence-corrected chi connectivity index (χ1v) is 8.11. The van der Waals surface area contributed by atoms with Crippen LogP contribution in [0.1, 0.15) is 34.9 Å². The highest BCUT2D eigenvalue weighted by atomic mass is 16.5. The first kappa shape index (κ1) is 16.4. The average molecular weight is 329 g/mol. The Hall–Kier alpha value is -2.41. The molecule has 1 unspecified atom stereocenters. The van der Waals surface area contributed by atoms with Gasteiger partial charge in [-0.25, -0.2) is 0 Å². The maximum atomic E-state index is 12.5. The number of nitrogens with one attached hydrogen (secondary N) is 1. The van der Waals surface area contributed by atoms with Crippen molar-refractivity contribution in [3.05, 3.63) is 35.8 Å². The Morgan fingerprint density at radius 1 is 1.42 bits per heavy atom. The topological polar surface area (TPSA) is 72.3 Å². The molecule has 1 aliphatic heterocycles. The van der Waals surface area contributed by atoms with Crippen molar-refractivity contribution < 1.29 is 9.53 Å². The molecule has 7 heteroatoms. The molecule has 1 saturated heterocycles. The number of hydrogen-bond donors (Lipinski definition) is 1. The number of nitrogens with zero attached hydrogens (tertiary/aromatic N) is 4. The second kappa shape index (κ2) is 7.00.